The van der Waals surface area contributed by atoms with Crippen LogP contribution in [0.25, 0.3) is 0 Å². The molecule has 2 heterocycles. The van der Waals surface area contributed by atoms with Gasteiger partial charge >= 0.3 is 0 Å². The summed E-state index contributed by atoms with van der Waals surface area (Å²) in [5, 5.41) is 11.1. The second kappa shape index (κ2) is 4.79. The van der Waals surface area contributed by atoms with E-state index in [1.54, 1.807) is 11.3 Å². The maximum Gasteiger partial charge on any atom is 0.185 e. The van der Waals surface area contributed by atoms with Crippen molar-refractivity contribution in [1.29, 1.82) is 0 Å². The zero-order valence-electron chi connectivity index (χ0n) is 11.1. The molecule has 4 nitrogen and oxygen atoms in total. The SMILES string of the molecule is CC1CN(c2nc3c(s2)CCCC3O)CCN1C. The summed E-state index contributed by atoms with van der Waals surface area (Å²) in [4.78, 5) is 10.8. The van der Waals surface area contributed by atoms with E-state index in [4.69, 9.17) is 4.98 Å². The van der Waals surface area contributed by atoms with Crippen LogP contribution in [0.1, 0.15) is 36.4 Å². The lowest BCUT2D eigenvalue weighted by Crippen LogP contribution is -2.50. The van der Waals surface area contributed by atoms with E-state index in [0.717, 1.165) is 49.7 Å². The monoisotopic (exact) mass is 267 g/mol. The molecule has 1 aromatic heterocycles. The van der Waals surface area contributed by atoms with Crippen LogP contribution in [0.15, 0.2) is 0 Å². The van der Waals surface area contributed by atoms with E-state index in [9.17, 15) is 5.11 Å². The van der Waals surface area contributed by atoms with Crippen molar-refractivity contribution in [3.63, 3.8) is 0 Å². The molecular weight excluding hydrogens is 246 g/mol. The molecule has 0 radical (unpaired) electrons. The fourth-order valence-corrected chi connectivity index (χ4v) is 3.93. The average molecular weight is 267 g/mol. The molecule has 1 saturated heterocycles. The first-order valence-corrected chi connectivity index (χ1v) is 7.59. The van der Waals surface area contributed by atoms with Crippen molar-refractivity contribution < 1.29 is 5.11 Å². The maximum atomic E-state index is 9.98. The van der Waals surface area contributed by atoms with E-state index < -0.39 is 0 Å². The van der Waals surface area contributed by atoms with E-state index in [2.05, 4.69) is 23.8 Å². The number of aromatic nitrogens is 1. The Balaban J connectivity index is 1.81. The first kappa shape index (κ1) is 12.4. The third kappa shape index (κ3) is 2.15. The number of hydrogen-bond donors (Lipinski definition) is 1. The quantitative estimate of drug-likeness (QED) is 0.840. The van der Waals surface area contributed by atoms with Gasteiger partial charge in [0.05, 0.1) is 11.8 Å². The van der Waals surface area contributed by atoms with Gasteiger partial charge in [0, 0.05) is 30.6 Å². The second-order valence-corrected chi connectivity index (χ2v) is 6.55. The molecule has 3 rings (SSSR count). The number of likely N-dealkylation sites (N-methyl/N-ethyl adjacent to an activating group) is 1. The predicted octanol–water partition coefficient (Wildman–Crippen LogP) is 1.65. The molecular formula is C13H21N3OS. The van der Waals surface area contributed by atoms with E-state index >= 15 is 0 Å². The van der Waals surface area contributed by atoms with E-state index in [1.807, 2.05) is 0 Å². The minimum Gasteiger partial charge on any atom is -0.387 e. The van der Waals surface area contributed by atoms with Gasteiger partial charge in [-0.05, 0) is 33.2 Å². The van der Waals surface area contributed by atoms with Crippen LogP contribution in [0.3, 0.4) is 0 Å². The summed E-state index contributed by atoms with van der Waals surface area (Å²) in [5.41, 5.74) is 0.952. The van der Waals surface area contributed by atoms with Gasteiger partial charge in [0.25, 0.3) is 0 Å². The Hall–Kier alpha value is -0.650. The molecule has 1 fully saturated rings. The number of piperazine rings is 1. The van der Waals surface area contributed by atoms with Gasteiger partial charge < -0.3 is 14.9 Å². The van der Waals surface area contributed by atoms with Crippen LogP contribution >= 0.6 is 11.3 Å². The molecule has 1 aliphatic heterocycles. The van der Waals surface area contributed by atoms with Crippen molar-refractivity contribution in [2.45, 2.75) is 38.3 Å². The molecule has 2 unspecified atom stereocenters. The van der Waals surface area contributed by atoms with Crippen molar-refractivity contribution in [2.24, 2.45) is 0 Å². The van der Waals surface area contributed by atoms with E-state index in [0.29, 0.717) is 6.04 Å². The highest BCUT2D eigenvalue weighted by molar-refractivity contribution is 7.15. The van der Waals surface area contributed by atoms with Crippen LogP contribution < -0.4 is 4.90 Å². The Kier molecular flexibility index (Phi) is 3.30. The fraction of sp³-hybridized carbons (Fsp3) is 0.769. The molecule has 18 heavy (non-hydrogen) atoms. The van der Waals surface area contributed by atoms with Gasteiger partial charge in [-0.25, -0.2) is 4.98 Å². The van der Waals surface area contributed by atoms with Gasteiger partial charge in [-0.1, -0.05) is 0 Å². The molecule has 0 amide bonds. The van der Waals surface area contributed by atoms with Crippen molar-refractivity contribution in [2.75, 3.05) is 31.6 Å². The molecule has 0 aromatic carbocycles. The minimum atomic E-state index is -0.330. The molecule has 2 atom stereocenters. The van der Waals surface area contributed by atoms with Crippen LogP contribution in [0.2, 0.25) is 0 Å². The van der Waals surface area contributed by atoms with Gasteiger partial charge in [0.2, 0.25) is 0 Å². The number of rotatable bonds is 1. The molecule has 0 saturated carbocycles. The van der Waals surface area contributed by atoms with E-state index in [1.165, 1.54) is 4.88 Å². The Bertz CT molecular complexity index is 434. The van der Waals surface area contributed by atoms with Crippen LogP contribution in [-0.2, 0) is 6.42 Å². The van der Waals surface area contributed by atoms with Crippen LogP contribution in [0.4, 0.5) is 5.13 Å². The average Bonchev–Trinajstić information content (AvgIpc) is 2.78. The highest BCUT2D eigenvalue weighted by atomic mass is 32.1. The van der Waals surface area contributed by atoms with Gasteiger partial charge in [0.1, 0.15) is 0 Å². The second-order valence-electron chi connectivity index (χ2n) is 5.49. The number of anilines is 1. The number of aliphatic hydroxyl groups excluding tert-OH is 1. The number of aliphatic hydroxyl groups is 1. The highest BCUT2D eigenvalue weighted by Gasteiger charge is 2.27. The Morgan fingerprint density at radius 3 is 2.94 bits per heavy atom. The zero-order chi connectivity index (χ0) is 12.7. The lowest BCUT2D eigenvalue weighted by molar-refractivity contribution is 0.153. The minimum absolute atomic E-state index is 0.330. The first-order valence-electron chi connectivity index (χ1n) is 6.78. The number of aryl methyl sites for hydroxylation is 1. The van der Waals surface area contributed by atoms with Crippen molar-refractivity contribution in [3.05, 3.63) is 10.6 Å². The molecule has 1 aliphatic carbocycles. The molecule has 100 valence electrons. The number of nitrogens with zero attached hydrogens (tertiary/aromatic N) is 3. The summed E-state index contributed by atoms with van der Waals surface area (Å²) in [6.07, 6.45) is 2.72. The summed E-state index contributed by atoms with van der Waals surface area (Å²) in [5.74, 6) is 0. The van der Waals surface area contributed by atoms with Crippen molar-refractivity contribution in [1.82, 2.24) is 9.88 Å². The van der Waals surface area contributed by atoms with Gasteiger partial charge in [-0.2, -0.15) is 0 Å². The van der Waals surface area contributed by atoms with E-state index in [-0.39, 0.29) is 6.10 Å². The topological polar surface area (TPSA) is 39.6 Å². The number of fused-ring (bicyclic) bond motifs is 1. The predicted molar refractivity (Wildman–Crippen MR) is 74.3 cm³/mol. The summed E-state index contributed by atoms with van der Waals surface area (Å²) in [6, 6.07) is 0.574. The lowest BCUT2D eigenvalue weighted by Gasteiger charge is -2.37. The molecule has 2 aliphatic rings. The molecule has 5 heteroatoms. The standard InChI is InChI=1S/C13H21N3OS/c1-9-8-16(7-6-15(9)2)13-14-12-10(17)4-3-5-11(12)18-13/h9-10,17H,3-8H2,1-2H3. The third-order valence-corrected chi connectivity index (χ3v) is 5.34. The Morgan fingerprint density at radius 1 is 1.39 bits per heavy atom. The summed E-state index contributed by atoms with van der Waals surface area (Å²) in [6.45, 7) is 5.44. The highest BCUT2D eigenvalue weighted by Crippen LogP contribution is 2.37. The van der Waals surface area contributed by atoms with Gasteiger partial charge in [0.15, 0.2) is 5.13 Å². The van der Waals surface area contributed by atoms with Crippen molar-refractivity contribution >= 4 is 16.5 Å². The lowest BCUT2D eigenvalue weighted by atomic mass is 10.0. The van der Waals surface area contributed by atoms with Gasteiger partial charge in [-0.15, -0.1) is 11.3 Å². The Morgan fingerprint density at radius 2 is 2.22 bits per heavy atom. The largest absolute Gasteiger partial charge is 0.387 e. The van der Waals surface area contributed by atoms with Gasteiger partial charge in [-0.3, -0.25) is 0 Å². The zero-order valence-corrected chi connectivity index (χ0v) is 11.9. The maximum absolute atomic E-state index is 9.98. The summed E-state index contributed by atoms with van der Waals surface area (Å²) >= 11 is 1.79. The Labute approximate surface area is 112 Å². The summed E-state index contributed by atoms with van der Waals surface area (Å²) < 4.78 is 0. The smallest absolute Gasteiger partial charge is 0.185 e. The molecule has 1 N–H and O–H groups in total. The normalized spacial score (nSPS) is 29.4. The van der Waals surface area contributed by atoms with Crippen molar-refractivity contribution in [3.8, 4) is 0 Å². The summed E-state index contributed by atoms with van der Waals surface area (Å²) in [7, 11) is 2.18. The first-order chi connectivity index (χ1) is 8.65. The third-order valence-electron chi connectivity index (χ3n) is 4.14. The fourth-order valence-electron chi connectivity index (χ4n) is 2.74. The van der Waals surface area contributed by atoms with Crippen LogP contribution in [-0.4, -0.2) is 47.7 Å². The molecule has 0 bridgehead atoms. The molecule has 1 aromatic rings. The van der Waals surface area contributed by atoms with Crippen LogP contribution in [0.5, 0.6) is 0 Å². The number of hydrogen-bond acceptors (Lipinski definition) is 5. The number of thiazole rings is 1. The molecule has 0 spiro atoms. The van der Waals surface area contributed by atoms with Crippen LogP contribution in [0, 0.1) is 0 Å².